The van der Waals surface area contributed by atoms with E-state index in [1.165, 1.54) is 82.2 Å². The Morgan fingerprint density at radius 1 is 0.300 bits per heavy atom. The third-order valence-electron chi connectivity index (χ3n) is 13.0. The molecule has 60 heavy (non-hydrogen) atoms. The maximum atomic E-state index is 5.11. The van der Waals surface area contributed by atoms with Gasteiger partial charge in [-0.2, -0.15) is 0 Å². The van der Waals surface area contributed by atoms with Crippen molar-refractivity contribution in [1.29, 1.82) is 0 Å². The Balaban J connectivity index is 0.854. The van der Waals surface area contributed by atoms with E-state index in [0.29, 0.717) is 5.82 Å². The van der Waals surface area contributed by atoms with E-state index in [1.807, 2.05) is 12.1 Å². The number of nitrogens with zero attached hydrogens (tertiary/aromatic N) is 2. The van der Waals surface area contributed by atoms with Gasteiger partial charge in [0.25, 0.3) is 0 Å². The van der Waals surface area contributed by atoms with Crippen molar-refractivity contribution in [1.82, 2.24) is 9.97 Å². The summed E-state index contributed by atoms with van der Waals surface area (Å²) in [6, 6.07) is 74.6. The minimum Gasteiger partial charge on any atom is -0.228 e. The van der Waals surface area contributed by atoms with E-state index in [1.54, 1.807) is 11.1 Å². The standard InChI is InChI=1S/C58H44N2/c1-4-13-40(14-5-1)41-27-33-48(34-28-41)55-39-54(47-15-6-2-7-16-47)59-57(60-55)49-35-29-45(30-36-49)43-23-21-42(22-24-43)44-25-31-46(32-26-44)50-18-12-19-52-51-17-8-9-20-53(51)58(56(50)52)37-10-3-11-38-58/h1-2,4-9,12-36,39H,3,10-11,37-38H2. The van der Waals surface area contributed by atoms with Crippen molar-refractivity contribution in [2.45, 2.75) is 37.5 Å². The quantitative estimate of drug-likeness (QED) is 0.161. The van der Waals surface area contributed by atoms with Crippen LogP contribution in [0.4, 0.5) is 0 Å². The molecule has 1 fully saturated rings. The first-order chi connectivity index (χ1) is 29.7. The van der Waals surface area contributed by atoms with Crippen LogP contribution in [0.15, 0.2) is 206 Å². The third-order valence-corrected chi connectivity index (χ3v) is 13.0. The van der Waals surface area contributed by atoms with E-state index in [4.69, 9.17) is 9.97 Å². The lowest BCUT2D eigenvalue weighted by atomic mass is 9.66. The molecule has 0 N–H and O–H groups in total. The summed E-state index contributed by atoms with van der Waals surface area (Å²) in [4.78, 5) is 10.2. The molecule has 1 aromatic heterocycles. The molecule has 0 saturated heterocycles. The summed E-state index contributed by atoms with van der Waals surface area (Å²) in [5.74, 6) is 0.711. The van der Waals surface area contributed by atoms with E-state index in [-0.39, 0.29) is 5.41 Å². The Morgan fingerprint density at radius 2 is 0.700 bits per heavy atom. The first-order valence-corrected chi connectivity index (χ1v) is 21.4. The van der Waals surface area contributed by atoms with Crippen molar-refractivity contribution >= 4 is 0 Å². The Labute approximate surface area is 353 Å². The van der Waals surface area contributed by atoms with Crippen molar-refractivity contribution in [3.8, 4) is 89.5 Å². The fourth-order valence-electron chi connectivity index (χ4n) is 9.93. The van der Waals surface area contributed by atoms with Crippen LogP contribution < -0.4 is 0 Å². The molecule has 2 aliphatic carbocycles. The highest BCUT2D eigenvalue weighted by Gasteiger charge is 2.45. The molecule has 8 aromatic carbocycles. The molecule has 11 rings (SSSR count). The van der Waals surface area contributed by atoms with Crippen molar-refractivity contribution in [2.75, 3.05) is 0 Å². The van der Waals surface area contributed by atoms with Crippen LogP contribution in [0.3, 0.4) is 0 Å². The van der Waals surface area contributed by atoms with Gasteiger partial charge in [0.2, 0.25) is 0 Å². The number of benzene rings is 8. The lowest BCUT2D eigenvalue weighted by Crippen LogP contribution is -2.28. The van der Waals surface area contributed by atoms with Gasteiger partial charge in [0.1, 0.15) is 0 Å². The molecule has 2 nitrogen and oxygen atoms in total. The minimum atomic E-state index is 0.130. The molecule has 0 bridgehead atoms. The molecule has 1 spiro atoms. The van der Waals surface area contributed by atoms with Gasteiger partial charge >= 0.3 is 0 Å². The normalized spacial score (nSPS) is 13.8. The van der Waals surface area contributed by atoms with E-state index in [0.717, 1.165) is 33.6 Å². The zero-order valence-corrected chi connectivity index (χ0v) is 33.6. The van der Waals surface area contributed by atoms with Crippen LogP contribution in [-0.4, -0.2) is 9.97 Å². The first kappa shape index (κ1) is 36.0. The van der Waals surface area contributed by atoms with E-state index in [2.05, 4.69) is 194 Å². The molecule has 0 atom stereocenters. The summed E-state index contributed by atoms with van der Waals surface area (Å²) in [6.07, 6.45) is 6.41. The topological polar surface area (TPSA) is 25.8 Å². The fourth-order valence-corrected chi connectivity index (χ4v) is 9.93. The summed E-state index contributed by atoms with van der Waals surface area (Å²) in [5.41, 5.74) is 20.9. The highest BCUT2D eigenvalue weighted by molar-refractivity contribution is 5.89. The minimum absolute atomic E-state index is 0.130. The predicted molar refractivity (Wildman–Crippen MR) is 249 cm³/mol. The monoisotopic (exact) mass is 768 g/mol. The zero-order valence-electron chi connectivity index (χ0n) is 33.6. The second kappa shape index (κ2) is 15.2. The average molecular weight is 769 g/mol. The van der Waals surface area contributed by atoms with Gasteiger partial charge in [0, 0.05) is 22.1 Å². The van der Waals surface area contributed by atoms with Crippen LogP contribution in [0.2, 0.25) is 0 Å². The molecule has 0 amide bonds. The summed E-state index contributed by atoms with van der Waals surface area (Å²) in [7, 11) is 0. The number of aromatic nitrogens is 2. The lowest BCUT2D eigenvalue weighted by molar-refractivity contribution is 0.353. The van der Waals surface area contributed by atoms with Crippen LogP contribution >= 0.6 is 0 Å². The van der Waals surface area contributed by atoms with Gasteiger partial charge < -0.3 is 0 Å². The number of hydrogen-bond donors (Lipinski definition) is 0. The number of fused-ring (bicyclic) bond motifs is 5. The average Bonchev–Trinajstić information content (AvgIpc) is 3.61. The zero-order chi connectivity index (χ0) is 39.9. The molecule has 2 aliphatic rings. The summed E-state index contributed by atoms with van der Waals surface area (Å²) < 4.78 is 0. The Kier molecular flexibility index (Phi) is 9.12. The van der Waals surface area contributed by atoms with Crippen molar-refractivity contribution in [2.24, 2.45) is 0 Å². The second-order valence-corrected chi connectivity index (χ2v) is 16.4. The molecule has 1 heterocycles. The number of rotatable bonds is 7. The summed E-state index contributed by atoms with van der Waals surface area (Å²) >= 11 is 0. The largest absolute Gasteiger partial charge is 0.228 e. The maximum absolute atomic E-state index is 5.11. The molecule has 9 aromatic rings. The Morgan fingerprint density at radius 3 is 1.27 bits per heavy atom. The van der Waals surface area contributed by atoms with Crippen LogP contribution in [0, 0.1) is 0 Å². The predicted octanol–water partition coefficient (Wildman–Crippen LogP) is 15.4. The molecule has 1 saturated carbocycles. The molecule has 0 radical (unpaired) electrons. The SMILES string of the molecule is c1ccc(-c2ccc(-c3cc(-c4ccccc4)nc(-c4ccc(-c5ccc(-c6ccc(-c7cccc8c7C7(CCCCC7)c7ccccc7-8)cc6)cc5)cc4)n3)cc2)cc1. The number of hydrogen-bond acceptors (Lipinski definition) is 2. The van der Waals surface area contributed by atoms with E-state index in [9.17, 15) is 0 Å². The summed E-state index contributed by atoms with van der Waals surface area (Å²) in [5, 5.41) is 0. The summed E-state index contributed by atoms with van der Waals surface area (Å²) in [6.45, 7) is 0. The van der Waals surface area contributed by atoms with Gasteiger partial charge in [0.05, 0.1) is 11.4 Å². The smallest absolute Gasteiger partial charge is 0.160 e. The van der Waals surface area contributed by atoms with Gasteiger partial charge in [-0.15, -0.1) is 0 Å². The Bertz CT molecular complexity index is 2940. The third kappa shape index (κ3) is 6.46. The van der Waals surface area contributed by atoms with Crippen LogP contribution in [0.5, 0.6) is 0 Å². The van der Waals surface area contributed by atoms with Crippen molar-refractivity contribution in [3.05, 3.63) is 217 Å². The van der Waals surface area contributed by atoms with Crippen LogP contribution in [0.1, 0.15) is 43.2 Å². The fraction of sp³-hybridized carbons (Fsp3) is 0.103. The Hall–Kier alpha value is -7.16. The van der Waals surface area contributed by atoms with E-state index < -0.39 is 0 Å². The highest BCUT2D eigenvalue weighted by atomic mass is 14.9. The van der Waals surface area contributed by atoms with Crippen molar-refractivity contribution in [3.63, 3.8) is 0 Å². The van der Waals surface area contributed by atoms with Crippen LogP contribution in [0.25, 0.3) is 89.5 Å². The van der Waals surface area contributed by atoms with Gasteiger partial charge in [-0.1, -0.05) is 219 Å². The van der Waals surface area contributed by atoms with Gasteiger partial charge in [-0.3, -0.25) is 0 Å². The highest BCUT2D eigenvalue weighted by Crippen LogP contribution is 2.58. The van der Waals surface area contributed by atoms with Gasteiger partial charge in [0.15, 0.2) is 5.82 Å². The first-order valence-electron chi connectivity index (χ1n) is 21.4. The second-order valence-electron chi connectivity index (χ2n) is 16.4. The van der Waals surface area contributed by atoms with Gasteiger partial charge in [-0.05, 0) is 85.7 Å². The van der Waals surface area contributed by atoms with Crippen LogP contribution in [-0.2, 0) is 5.41 Å². The maximum Gasteiger partial charge on any atom is 0.160 e. The molecule has 0 unspecified atom stereocenters. The molecular formula is C58H44N2. The van der Waals surface area contributed by atoms with Crippen molar-refractivity contribution < 1.29 is 0 Å². The van der Waals surface area contributed by atoms with Gasteiger partial charge in [-0.25, -0.2) is 9.97 Å². The molecule has 2 heteroatoms. The molecule has 0 aliphatic heterocycles. The van der Waals surface area contributed by atoms with E-state index >= 15 is 0 Å². The molecular weight excluding hydrogens is 725 g/mol. The lowest BCUT2D eigenvalue weighted by Gasteiger charge is -2.37. The molecule has 286 valence electrons.